The van der Waals surface area contributed by atoms with Gasteiger partial charge in [-0.15, -0.1) is 0 Å². The van der Waals surface area contributed by atoms with Crippen molar-refractivity contribution in [3.8, 4) is 0 Å². The van der Waals surface area contributed by atoms with Crippen LogP contribution in [0.25, 0.3) is 0 Å². The largest absolute Gasteiger partial charge is 0.338 e. The third kappa shape index (κ3) is 2.68. The van der Waals surface area contributed by atoms with Crippen LogP contribution in [0.3, 0.4) is 0 Å². The first-order chi connectivity index (χ1) is 8.47. The zero-order valence-corrected chi connectivity index (χ0v) is 10.6. The van der Waals surface area contributed by atoms with Gasteiger partial charge in [-0.1, -0.05) is 13.8 Å². The van der Waals surface area contributed by atoms with Crippen LogP contribution in [0, 0.1) is 23.5 Å². The summed E-state index contributed by atoms with van der Waals surface area (Å²) in [7, 11) is 0. The normalized spacial score (nSPS) is 24.1. The fourth-order valence-corrected chi connectivity index (χ4v) is 2.66. The van der Waals surface area contributed by atoms with Crippen molar-refractivity contribution in [3.63, 3.8) is 0 Å². The van der Waals surface area contributed by atoms with E-state index in [0.29, 0.717) is 24.9 Å². The van der Waals surface area contributed by atoms with Gasteiger partial charge in [-0.3, -0.25) is 4.79 Å². The van der Waals surface area contributed by atoms with Crippen LogP contribution in [-0.2, 0) is 0 Å². The number of carbonyl (C=O) groups is 1. The monoisotopic (exact) mass is 253 g/mol. The van der Waals surface area contributed by atoms with Crippen molar-refractivity contribution in [2.24, 2.45) is 11.8 Å². The van der Waals surface area contributed by atoms with Crippen LogP contribution in [-0.4, -0.2) is 23.9 Å². The molecule has 98 valence electrons. The quantitative estimate of drug-likeness (QED) is 0.753. The number of hydrogen-bond acceptors (Lipinski definition) is 1. The van der Waals surface area contributed by atoms with E-state index in [9.17, 15) is 13.6 Å². The van der Waals surface area contributed by atoms with Crippen molar-refractivity contribution >= 4 is 5.91 Å². The van der Waals surface area contributed by atoms with Crippen LogP contribution >= 0.6 is 0 Å². The summed E-state index contributed by atoms with van der Waals surface area (Å²) < 4.78 is 26.4. The lowest BCUT2D eigenvalue weighted by Gasteiger charge is -2.35. The molecule has 0 N–H and O–H groups in total. The number of likely N-dealkylation sites (tertiary alicyclic amines) is 1. The maximum atomic E-state index is 13.6. The summed E-state index contributed by atoms with van der Waals surface area (Å²) in [6.45, 7) is 5.44. The van der Waals surface area contributed by atoms with E-state index >= 15 is 0 Å². The lowest BCUT2D eigenvalue weighted by Crippen LogP contribution is -2.42. The van der Waals surface area contributed by atoms with Crippen molar-refractivity contribution in [1.82, 2.24) is 4.90 Å². The molecule has 0 spiro atoms. The average Bonchev–Trinajstić information content (AvgIpc) is 2.26. The summed E-state index contributed by atoms with van der Waals surface area (Å²) in [5.74, 6) is -0.955. The van der Waals surface area contributed by atoms with Gasteiger partial charge < -0.3 is 4.90 Å². The molecule has 1 aliphatic heterocycles. The van der Waals surface area contributed by atoms with E-state index in [-0.39, 0.29) is 11.5 Å². The molecule has 0 saturated carbocycles. The first-order valence-corrected chi connectivity index (χ1v) is 6.21. The molecule has 0 aromatic heterocycles. The minimum Gasteiger partial charge on any atom is -0.338 e. The maximum absolute atomic E-state index is 13.6. The average molecular weight is 253 g/mol. The number of piperidine rings is 1. The van der Waals surface area contributed by atoms with Gasteiger partial charge in [0.1, 0.15) is 11.6 Å². The lowest BCUT2D eigenvalue weighted by molar-refractivity contribution is 0.0618. The maximum Gasteiger partial charge on any atom is 0.256 e. The Morgan fingerprint density at radius 1 is 1.22 bits per heavy atom. The molecular formula is C14H17F2NO. The molecule has 0 bridgehead atoms. The topological polar surface area (TPSA) is 20.3 Å². The molecule has 2 atom stereocenters. The van der Waals surface area contributed by atoms with E-state index in [0.717, 1.165) is 18.6 Å². The van der Waals surface area contributed by atoms with Crippen LogP contribution in [0.5, 0.6) is 0 Å². The van der Waals surface area contributed by atoms with E-state index in [1.165, 1.54) is 6.07 Å². The third-order valence-electron chi connectivity index (χ3n) is 3.32. The van der Waals surface area contributed by atoms with Crippen molar-refractivity contribution in [2.75, 3.05) is 13.1 Å². The number of hydrogen-bond donors (Lipinski definition) is 0. The highest BCUT2D eigenvalue weighted by Gasteiger charge is 2.27. The summed E-state index contributed by atoms with van der Waals surface area (Å²) in [6, 6.07) is 3.09. The van der Waals surface area contributed by atoms with Crippen LogP contribution < -0.4 is 0 Å². The molecule has 2 rings (SSSR count). The number of benzene rings is 1. The summed E-state index contributed by atoms with van der Waals surface area (Å²) in [5, 5.41) is 0. The highest BCUT2D eigenvalue weighted by atomic mass is 19.1. The fraction of sp³-hybridized carbons (Fsp3) is 0.500. The molecule has 18 heavy (non-hydrogen) atoms. The highest BCUT2D eigenvalue weighted by molar-refractivity contribution is 5.94. The predicted molar refractivity (Wildman–Crippen MR) is 65.2 cm³/mol. The first kappa shape index (κ1) is 13.0. The Morgan fingerprint density at radius 2 is 1.83 bits per heavy atom. The molecule has 1 aromatic rings. The van der Waals surface area contributed by atoms with Crippen molar-refractivity contribution in [2.45, 2.75) is 20.3 Å². The van der Waals surface area contributed by atoms with Crippen LogP contribution in [0.1, 0.15) is 30.6 Å². The molecule has 1 heterocycles. The number of amides is 1. The van der Waals surface area contributed by atoms with Gasteiger partial charge in [0, 0.05) is 19.2 Å². The van der Waals surface area contributed by atoms with Gasteiger partial charge in [0.15, 0.2) is 0 Å². The van der Waals surface area contributed by atoms with Gasteiger partial charge in [0.2, 0.25) is 0 Å². The van der Waals surface area contributed by atoms with Crippen LogP contribution in [0.4, 0.5) is 8.78 Å². The standard InChI is InChI=1S/C14H17F2NO/c1-9-5-10(2)8-17(7-9)14(18)12-4-3-11(15)6-13(12)16/h3-4,6,9-10H,5,7-8H2,1-2H3. The minimum atomic E-state index is -0.786. The molecule has 0 aliphatic carbocycles. The molecule has 0 radical (unpaired) electrons. The second kappa shape index (κ2) is 5.04. The Bertz CT molecular complexity index is 451. The Kier molecular flexibility index (Phi) is 3.64. The van der Waals surface area contributed by atoms with Crippen LogP contribution in [0.2, 0.25) is 0 Å². The fourth-order valence-electron chi connectivity index (χ4n) is 2.66. The van der Waals surface area contributed by atoms with E-state index in [1.54, 1.807) is 4.90 Å². The van der Waals surface area contributed by atoms with Crippen LogP contribution in [0.15, 0.2) is 18.2 Å². The van der Waals surface area contributed by atoms with Gasteiger partial charge in [0.25, 0.3) is 5.91 Å². The summed E-state index contributed by atoms with van der Waals surface area (Å²) >= 11 is 0. The van der Waals surface area contributed by atoms with Gasteiger partial charge in [-0.2, -0.15) is 0 Å². The predicted octanol–water partition coefficient (Wildman–Crippen LogP) is 3.08. The number of nitrogens with zero attached hydrogens (tertiary/aromatic N) is 1. The van der Waals surface area contributed by atoms with Crippen molar-refractivity contribution < 1.29 is 13.6 Å². The molecule has 1 fully saturated rings. The molecule has 2 unspecified atom stereocenters. The second-order valence-electron chi connectivity index (χ2n) is 5.28. The van der Waals surface area contributed by atoms with E-state index in [2.05, 4.69) is 13.8 Å². The smallest absolute Gasteiger partial charge is 0.256 e. The van der Waals surface area contributed by atoms with Crippen molar-refractivity contribution in [1.29, 1.82) is 0 Å². The molecule has 1 saturated heterocycles. The SMILES string of the molecule is CC1CC(C)CN(C(=O)c2ccc(F)cc2F)C1. The summed E-state index contributed by atoms with van der Waals surface area (Å²) in [5.41, 5.74) is -0.0438. The zero-order chi connectivity index (χ0) is 13.3. The second-order valence-corrected chi connectivity index (χ2v) is 5.28. The van der Waals surface area contributed by atoms with Gasteiger partial charge in [0.05, 0.1) is 5.56 Å². The lowest BCUT2D eigenvalue weighted by atomic mass is 9.91. The molecule has 2 nitrogen and oxygen atoms in total. The Hall–Kier alpha value is -1.45. The molecule has 1 aromatic carbocycles. The molecule has 1 aliphatic rings. The van der Waals surface area contributed by atoms with Gasteiger partial charge >= 0.3 is 0 Å². The Morgan fingerprint density at radius 3 is 2.39 bits per heavy atom. The van der Waals surface area contributed by atoms with E-state index in [4.69, 9.17) is 0 Å². The first-order valence-electron chi connectivity index (χ1n) is 6.21. The molecule has 1 amide bonds. The number of carbonyl (C=O) groups excluding carboxylic acids is 1. The minimum absolute atomic E-state index is 0.0438. The number of rotatable bonds is 1. The van der Waals surface area contributed by atoms with Gasteiger partial charge in [-0.05, 0) is 30.4 Å². The summed E-state index contributed by atoms with van der Waals surface area (Å²) in [6.07, 6.45) is 1.08. The summed E-state index contributed by atoms with van der Waals surface area (Å²) in [4.78, 5) is 13.8. The van der Waals surface area contributed by atoms with E-state index in [1.807, 2.05) is 0 Å². The number of halogens is 2. The Balaban J connectivity index is 2.20. The van der Waals surface area contributed by atoms with Gasteiger partial charge in [-0.25, -0.2) is 8.78 Å². The zero-order valence-electron chi connectivity index (χ0n) is 10.6. The molecular weight excluding hydrogens is 236 g/mol. The Labute approximate surface area is 106 Å². The third-order valence-corrected chi connectivity index (χ3v) is 3.32. The molecule has 4 heteroatoms. The highest BCUT2D eigenvalue weighted by Crippen LogP contribution is 2.23. The van der Waals surface area contributed by atoms with E-state index < -0.39 is 11.6 Å². The van der Waals surface area contributed by atoms with Crippen molar-refractivity contribution in [3.05, 3.63) is 35.4 Å².